The number of hydrogen-bond acceptors (Lipinski definition) is 2. The fourth-order valence-electron chi connectivity index (χ4n) is 6.65. The smallest absolute Gasteiger partial charge is 0.300 e. The van der Waals surface area contributed by atoms with Gasteiger partial charge in [0.05, 0.1) is 11.1 Å². The first-order chi connectivity index (χ1) is 20.3. The SMILES string of the molecule is O=C(Cc1ccc(C2CCC(N3CCC(c4ccc(F)cc4)CC3)CC2)cc1)Cc1cc(C(F)(F)F)cc(C(F)(F)F)c1. The molecule has 2 aliphatic rings. The molecule has 0 spiro atoms. The molecule has 0 radical (unpaired) electrons. The minimum absolute atomic E-state index is 0.0676. The molecule has 0 unspecified atom stereocenters. The average molecular weight is 606 g/mol. The number of ketones is 1. The Bertz CT molecular complexity index is 1350. The van der Waals surface area contributed by atoms with Crippen molar-refractivity contribution in [2.75, 3.05) is 13.1 Å². The zero-order chi connectivity index (χ0) is 30.8. The van der Waals surface area contributed by atoms with Crippen molar-refractivity contribution >= 4 is 5.78 Å². The van der Waals surface area contributed by atoms with Crippen LogP contribution in [0.2, 0.25) is 0 Å². The van der Waals surface area contributed by atoms with Crippen LogP contribution in [0, 0.1) is 5.82 Å². The zero-order valence-corrected chi connectivity index (χ0v) is 23.7. The van der Waals surface area contributed by atoms with E-state index in [2.05, 4.69) is 4.90 Å². The van der Waals surface area contributed by atoms with E-state index in [1.807, 2.05) is 36.4 Å². The van der Waals surface area contributed by atoms with E-state index in [0.717, 1.165) is 51.6 Å². The molecule has 0 atom stereocenters. The second-order valence-corrected chi connectivity index (χ2v) is 11.9. The zero-order valence-electron chi connectivity index (χ0n) is 23.7. The highest BCUT2D eigenvalue weighted by molar-refractivity contribution is 5.83. The van der Waals surface area contributed by atoms with Gasteiger partial charge < -0.3 is 4.90 Å². The third-order valence-corrected chi connectivity index (χ3v) is 8.99. The highest BCUT2D eigenvalue weighted by Crippen LogP contribution is 2.38. The van der Waals surface area contributed by atoms with Gasteiger partial charge in [-0.25, -0.2) is 4.39 Å². The van der Waals surface area contributed by atoms with Gasteiger partial charge >= 0.3 is 12.4 Å². The van der Waals surface area contributed by atoms with E-state index in [1.54, 1.807) is 0 Å². The van der Waals surface area contributed by atoms with Gasteiger partial charge in [0, 0.05) is 18.9 Å². The normalized spacial score (nSPS) is 20.7. The summed E-state index contributed by atoms with van der Waals surface area (Å²) < 4.78 is 92.1. The summed E-state index contributed by atoms with van der Waals surface area (Å²) in [7, 11) is 0. The van der Waals surface area contributed by atoms with Crippen LogP contribution in [0.5, 0.6) is 0 Å². The second-order valence-electron chi connectivity index (χ2n) is 11.9. The molecule has 9 heteroatoms. The number of alkyl halides is 6. The van der Waals surface area contributed by atoms with Crippen LogP contribution in [0.25, 0.3) is 0 Å². The van der Waals surface area contributed by atoms with E-state index in [9.17, 15) is 35.5 Å². The first-order valence-corrected chi connectivity index (χ1v) is 14.7. The first-order valence-electron chi connectivity index (χ1n) is 14.7. The first kappa shape index (κ1) is 31.2. The summed E-state index contributed by atoms with van der Waals surface area (Å²) in [6.07, 6.45) is -4.03. The maximum atomic E-state index is 13.3. The minimum atomic E-state index is -4.95. The van der Waals surface area contributed by atoms with Crippen LogP contribution in [0.4, 0.5) is 30.7 Å². The van der Waals surface area contributed by atoms with Crippen LogP contribution < -0.4 is 0 Å². The Labute approximate surface area is 246 Å². The number of carbonyl (C=O) groups excluding carboxylic acids is 1. The molecule has 2 fully saturated rings. The van der Waals surface area contributed by atoms with Gasteiger partial charge in [-0.2, -0.15) is 26.3 Å². The molecule has 5 rings (SSSR count). The number of likely N-dealkylation sites (tertiary alicyclic amines) is 1. The van der Waals surface area contributed by atoms with Crippen molar-refractivity contribution in [1.82, 2.24) is 4.90 Å². The van der Waals surface area contributed by atoms with Gasteiger partial charge in [0.2, 0.25) is 0 Å². The van der Waals surface area contributed by atoms with Crippen molar-refractivity contribution in [1.29, 1.82) is 0 Å². The lowest BCUT2D eigenvalue weighted by atomic mass is 9.80. The maximum absolute atomic E-state index is 13.3. The van der Waals surface area contributed by atoms with E-state index in [4.69, 9.17) is 0 Å². The molecule has 1 aliphatic heterocycles. The molecule has 3 aromatic rings. The molecule has 0 bridgehead atoms. The van der Waals surface area contributed by atoms with Crippen molar-refractivity contribution in [2.45, 2.75) is 81.6 Å². The van der Waals surface area contributed by atoms with Crippen molar-refractivity contribution in [3.63, 3.8) is 0 Å². The Morgan fingerprint density at radius 1 is 0.628 bits per heavy atom. The molecule has 1 saturated carbocycles. The van der Waals surface area contributed by atoms with Crippen LogP contribution >= 0.6 is 0 Å². The number of halogens is 7. The lowest BCUT2D eigenvalue weighted by Gasteiger charge is -2.41. The summed E-state index contributed by atoms with van der Waals surface area (Å²) in [5.74, 6) is 0.217. The standard InChI is InChI=1S/C34H34F7NO/c35-30-9-5-25(6-10-30)27-13-15-42(16-14-27)31-11-7-26(8-12-31)24-3-1-22(2-4-24)19-32(43)20-23-17-28(33(36,37)38)21-29(18-23)34(39,40)41/h1-6,9-10,17-18,21,26-27,31H,7-8,11-16,19-20H2. The molecule has 1 saturated heterocycles. The Balaban J connectivity index is 1.11. The quantitative estimate of drug-likeness (QED) is 0.251. The van der Waals surface area contributed by atoms with Crippen molar-refractivity contribution in [3.05, 3.63) is 106 Å². The molecule has 230 valence electrons. The minimum Gasteiger partial charge on any atom is -0.300 e. The molecule has 0 amide bonds. The van der Waals surface area contributed by atoms with Crippen LogP contribution in [0.15, 0.2) is 66.7 Å². The predicted molar refractivity (Wildman–Crippen MR) is 150 cm³/mol. The van der Waals surface area contributed by atoms with E-state index >= 15 is 0 Å². The number of rotatable bonds is 7. The van der Waals surface area contributed by atoms with Gasteiger partial charge in [0.15, 0.2) is 0 Å². The summed E-state index contributed by atoms with van der Waals surface area (Å²) in [4.78, 5) is 15.2. The Morgan fingerprint density at radius 3 is 1.60 bits per heavy atom. The number of piperidine rings is 1. The van der Waals surface area contributed by atoms with E-state index in [1.165, 1.54) is 23.3 Å². The summed E-state index contributed by atoms with van der Waals surface area (Å²) in [6, 6.07) is 16.3. The molecule has 1 heterocycles. The average Bonchev–Trinajstić information content (AvgIpc) is 2.97. The number of benzene rings is 3. The van der Waals surface area contributed by atoms with Crippen LogP contribution in [0.1, 0.15) is 83.7 Å². The number of hydrogen-bond donors (Lipinski definition) is 0. The Morgan fingerprint density at radius 2 is 1.09 bits per heavy atom. The topological polar surface area (TPSA) is 20.3 Å². The molecule has 2 nitrogen and oxygen atoms in total. The highest BCUT2D eigenvalue weighted by atomic mass is 19.4. The van der Waals surface area contributed by atoms with Gasteiger partial charge in [-0.3, -0.25) is 4.79 Å². The van der Waals surface area contributed by atoms with Gasteiger partial charge in [-0.1, -0.05) is 36.4 Å². The molecular formula is C34H34F7NO. The number of carbonyl (C=O) groups is 1. The molecular weight excluding hydrogens is 571 g/mol. The van der Waals surface area contributed by atoms with Gasteiger partial charge in [0.1, 0.15) is 11.6 Å². The van der Waals surface area contributed by atoms with E-state index < -0.39 is 35.7 Å². The largest absolute Gasteiger partial charge is 0.416 e. The molecule has 0 aromatic heterocycles. The molecule has 43 heavy (non-hydrogen) atoms. The molecule has 1 aliphatic carbocycles. The van der Waals surface area contributed by atoms with Crippen LogP contribution in [-0.4, -0.2) is 29.8 Å². The molecule has 0 N–H and O–H groups in total. The summed E-state index contributed by atoms with van der Waals surface area (Å²) in [6.45, 7) is 2.08. The van der Waals surface area contributed by atoms with Crippen molar-refractivity contribution < 1.29 is 35.5 Å². The third kappa shape index (κ3) is 8.05. The third-order valence-electron chi connectivity index (χ3n) is 8.99. The summed E-state index contributed by atoms with van der Waals surface area (Å²) >= 11 is 0. The molecule has 3 aromatic carbocycles. The highest BCUT2D eigenvalue weighted by Gasteiger charge is 2.37. The van der Waals surface area contributed by atoms with E-state index in [0.29, 0.717) is 35.6 Å². The monoisotopic (exact) mass is 605 g/mol. The van der Waals surface area contributed by atoms with Crippen LogP contribution in [-0.2, 0) is 30.0 Å². The lowest BCUT2D eigenvalue weighted by molar-refractivity contribution is -0.143. The van der Waals surface area contributed by atoms with Gasteiger partial charge in [-0.05, 0) is 116 Å². The second kappa shape index (κ2) is 12.8. The van der Waals surface area contributed by atoms with Gasteiger partial charge in [0.25, 0.3) is 0 Å². The van der Waals surface area contributed by atoms with Crippen LogP contribution in [0.3, 0.4) is 0 Å². The predicted octanol–water partition coefficient (Wildman–Crippen LogP) is 9.12. The summed E-state index contributed by atoms with van der Waals surface area (Å²) in [5.41, 5.74) is -0.0782. The fourth-order valence-corrected chi connectivity index (χ4v) is 6.65. The summed E-state index contributed by atoms with van der Waals surface area (Å²) in [5, 5.41) is 0. The Hall–Kier alpha value is -3.20. The van der Waals surface area contributed by atoms with E-state index in [-0.39, 0.29) is 23.9 Å². The number of Topliss-reactive ketones (excluding diaryl/α,β-unsaturated/α-hetero) is 1. The lowest BCUT2D eigenvalue weighted by Crippen LogP contribution is -2.42. The Kier molecular flexibility index (Phi) is 9.30. The van der Waals surface area contributed by atoms with Crippen molar-refractivity contribution in [2.24, 2.45) is 0 Å². The maximum Gasteiger partial charge on any atom is 0.416 e. The fraction of sp³-hybridized carbons (Fsp3) is 0.441. The van der Waals surface area contributed by atoms with Crippen molar-refractivity contribution in [3.8, 4) is 0 Å². The van der Waals surface area contributed by atoms with Gasteiger partial charge in [-0.15, -0.1) is 0 Å². The number of nitrogens with zero attached hydrogens (tertiary/aromatic N) is 1.